The van der Waals surface area contributed by atoms with Crippen LogP contribution in [0.2, 0.25) is 0 Å². The number of nitrogens with one attached hydrogen (secondary N) is 2. The van der Waals surface area contributed by atoms with Gasteiger partial charge in [0.2, 0.25) is 0 Å². The SMILES string of the molecule is Cc1cccc(O[C@@H](C)C(=O)NNC(=O)c2ccccn2)c1C. The molecule has 120 valence electrons. The molecule has 2 amide bonds. The molecule has 0 radical (unpaired) electrons. The van der Waals surface area contributed by atoms with Gasteiger partial charge in [-0.1, -0.05) is 18.2 Å². The third-order valence-corrected chi connectivity index (χ3v) is 3.42. The summed E-state index contributed by atoms with van der Waals surface area (Å²) in [5, 5.41) is 0. The summed E-state index contributed by atoms with van der Waals surface area (Å²) in [5.74, 6) is -0.295. The van der Waals surface area contributed by atoms with E-state index in [-0.39, 0.29) is 5.69 Å². The topological polar surface area (TPSA) is 80.3 Å². The highest BCUT2D eigenvalue weighted by atomic mass is 16.5. The van der Waals surface area contributed by atoms with Gasteiger partial charge in [-0.3, -0.25) is 25.4 Å². The average molecular weight is 313 g/mol. The van der Waals surface area contributed by atoms with Gasteiger partial charge in [0, 0.05) is 6.20 Å². The number of nitrogens with zero attached hydrogens (tertiary/aromatic N) is 1. The first-order valence-corrected chi connectivity index (χ1v) is 7.23. The van der Waals surface area contributed by atoms with Gasteiger partial charge in [-0.15, -0.1) is 0 Å². The number of pyridine rings is 1. The van der Waals surface area contributed by atoms with Crippen molar-refractivity contribution < 1.29 is 14.3 Å². The van der Waals surface area contributed by atoms with E-state index in [9.17, 15) is 9.59 Å². The van der Waals surface area contributed by atoms with E-state index in [1.807, 2.05) is 26.0 Å². The second kappa shape index (κ2) is 7.40. The summed E-state index contributed by atoms with van der Waals surface area (Å²) in [6, 6.07) is 10.6. The Morgan fingerprint density at radius 3 is 2.57 bits per heavy atom. The lowest BCUT2D eigenvalue weighted by atomic mass is 10.1. The van der Waals surface area contributed by atoms with Crippen molar-refractivity contribution >= 4 is 11.8 Å². The number of aryl methyl sites for hydroxylation is 1. The van der Waals surface area contributed by atoms with Crippen LogP contribution in [0.4, 0.5) is 0 Å². The number of ether oxygens (including phenoxy) is 1. The Bertz CT molecular complexity index is 701. The maximum atomic E-state index is 12.0. The minimum absolute atomic E-state index is 0.218. The van der Waals surface area contributed by atoms with Crippen molar-refractivity contribution in [3.63, 3.8) is 0 Å². The molecule has 1 aromatic carbocycles. The summed E-state index contributed by atoms with van der Waals surface area (Å²) >= 11 is 0. The number of rotatable bonds is 4. The first-order chi connectivity index (χ1) is 11.0. The third-order valence-electron chi connectivity index (χ3n) is 3.42. The quantitative estimate of drug-likeness (QED) is 0.845. The number of amides is 2. The minimum atomic E-state index is -0.750. The van der Waals surface area contributed by atoms with Crippen LogP contribution in [0.25, 0.3) is 0 Å². The third kappa shape index (κ3) is 4.29. The van der Waals surface area contributed by atoms with Crippen LogP contribution in [0.1, 0.15) is 28.5 Å². The zero-order valence-electron chi connectivity index (χ0n) is 13.3. The Kier molecular flexibility index (Phi) is 5.30. The molecule has 2 rings (SSSR count). The van der Waals surface area contributed by atoms with E-state index in [1.54, 1.807) is 31.2 Å². The Morgan fingerprint density at radius 1 is 1.09 bits per heavy atom. The van der Waals surface area contributed by atoms with Crippen molar-refractivity contribution in [3.05, 3.63) is 59.4 Å². The van der Waals surface area contributed by atoms with Gasteiger partial charge in [-0.05, 0) is 50.1 Å². The fourth-order valence-electron chi connectivity index (χ4n) is 1.88. The molecule has 0 fully saturated rings. The highest BCUT2D eigenvalue weighted by molar-refractivity contribution is 5.94. The van der Waals surface area contributed by atoms with Crippen LogP contribution in [-0.4, -0.2) is 22.9 Å². The van der Waals surface area contributed by atoms with Crippen molar-refractivity contribution in [2.45, 2.75) is 26.9 Å². The van der Waals surface area contributed by atoms with Crippen LogP contribution in [0.15, 0.2) is 42.6 Å². The summed E-state index contributed by atoms with van der Waals surface area (Å²) in [6.07, 6.45) is 0.753. The fraction of sp³-hybridized carbons (Fsp3) is 0.235. The van der Waals surface area contributed by atoms with E-state index in [0.717, 1.165) is 11.1 Å². The summed E-state index contributed by atoms with van der Waals surface area (Å²) < 4.78 is 5.65. The molecular weight excluding hydrogens is 294 g/mol. The normalized spacial score (nSPS) is 11.4. The Hall–Kier alpha value is -2.89. The lowest BCUT2D eigenvalue weighted by Gasteiger charge is -2.17. The maximum absolute atomic E-state index is 12.0. The first kappa shape index (κ1) is 16.5. The number of carbonyl (C=O) groups is 2. The molecule has 0 unspecified atom stereocenters. The molecule has 6 heteroatoms. The van der Waals surface area contributed by atoms with Crippen LogP contribution in [0.3, 0.4) is 0 Å². The summed E-state index contributed by atoms with van der Waals surface area (Å²) in [4.78, 5) is 27.7. The number of hydrazine groups is 1. The van der Waals surface area contributed by atoms with Crippen molar-refractivity contribution in [2.24, 2.45) is 0 Å². The summed E-state index contributed by atoms with van der Waals surface area (Å²) in [5.41, 5.74) is 6.92. The lowest BCUT2D eigenvalue weighted by Crippen LogP contribution is -2.47. The predicted octanol–water partition coefficient (Wildman–Crippen LogP) is 1.93. The van der Waals surface area contributed by atoms with Gasteiger partial charge in [-0.25, -0.2) is 0 Å². The van der Waals surface area contributed by atoms with E-state index in [2.05, 4.69) is 15.8 Å². The van der Waals surface area contributed by atoms with Crippen molar-refractivity contribution in [1.82, 2.24) is 15.8 Å². The summed E-state index contributed by atoms with van der Waals surface area (Å²) in [6.45, 7) is 5.52. The van der Waals surface area contributed by atoms with Crippen molar-refractivity contribution in [3.8, 4) is 5.75 Å². The molecule has 23 heavy (non-hydrogen) atoms. The van der Waals surface area contributed by atoms with E-state index in [1.165, 1.54) is 6.20 Å². The van der Waals surface area contributed by atoms with Crippen molar-refractivity contribution in [2.75, 3.05) is 0 Å². The number of carbonyl (C=O) groups excluding carboxylic acids is 2. The van der Waals surface area contributed by atoms with Crippen LogP contribution < -0.4 is 15.6 Å². The van der Waals surface area contributed by atoms with E-state index in [4.69, 9.17) is 4.74 Å². The van der Waals surface area contributed by atoms with Gasteiger partial charge in [0.25, 0.3) is 11.8 Å². The fourth-order valence-corrected chi connectivity index (χ4v) is 1.88. The molecule has 0 aliphatic heterocycles. The van der Waals surface area contributed by atoms with Crippen molar-refractivity contribution in [1.29, 1.82) is 0 Å². The smallest absolute Gasteiger partial charge is 0.288 e. The minimum Gasteiger partial charge on any atom is -0.481 e. The average Bonchev–Trinajstić information content (AvgIpc) is 2.57. The Morgan fingerprint density at radius 2 is 1.87 bits per heavy atom. The number of benzene rings is 1. The first-order valence-electron chi connectivity index (χ1n) is 7.23. The molecule has 1 heterocycles. The zero-order valence-corrected chi connectivity index (χ0v) is 13.3. The van der Waals surface area contributed by atoms with Crippen LogP contribution in [0.5, 0.6) is 5.75 Å². The lowest BCUT2D eigenvalue weighted by molar-refractivity contribution is -0.128. The van der Waals surface area contributed by atoms with E-state index >= 15 is 0 Å². The van der Waals surface area contributed by atoms with Gasteiger partial charge >= 0.3 is 0 Å². The highest BCUT2D eigenvalue weighted by Crippen LogP contribution is 2.21. The van der Waals surface area contributed by atoms with E-state index in [0.29, 0.717) is 5.75 Å². The molecular formula is C17H19N3O3. The molecule has 0 aliphatic rings. The van der Waals surface area contributed by atoms with Gasteiger partial charge < -0.3 is 4.74 Å². The number of hydrogen-bond donors (Lipinski definition) is 2. The molecule has 2 N–H and O–H groups in total. The molecule has 6 nitrogen and oxygen atoms in total. The highest BCUT2D eigenvalue weighted by Gasteiger charge is 2.17. The Balaban J connectivity index is 1.90. The summed E-state index contributed by atoms with van der Waals surface area (Å²) in [7, 11) is 0. The predicted molar refractivity (Wildman–Crippen MR) is 85.9 cm³/mol. The van der Waals surface area contributed by atoms with E-state index < -0.39 is 17.9 Å². The second-order valence-electron chi connectivity index (χ2n) is 5.12. The number of hydrogen-bond acceptors (Lipinski definition) is 4. The molecule has 1 aromatic heterocycles. The van der Waals surface area contributed by atoms with Crippen LogP contribution in [0, 0.1) is 13.8 Å². The molecule has 2 aromatic rings. The van der Waals surface area contributed by atoms with Gasteiger partial charge in [0.1, 0.15) is 11.4 Å². The van der Waals surface area contributed by atoms with Crippen LogP contribution in [-0.2, 0) is 4.79 Å². The molecule has 0 bridgehead atoms. The van der Waals surface area contributed by atoms with Gasteiger partial charge in [0.15, 0.2) is 6.10 Å². The maximum Gasteiger partial charge on any atom is 0.288 e. The second-order valence-corrected chi connectivity index (χ2v) is 5.12. The molecule has 0 spiro atoms. The van der Waals surface area contributed by atoms with Gasteiger partial charge in [0.05, 0.1) is 0 Å². The van der Waals surface area contributed by atoms with Crippen LogP contribution >= 0.6 is 0 Å². The Labute approximate surface area is 134 Å². The largest absolute Gasteiger partial charge is 0.481 e. The molecule has 0 saturated carbocycles. The molecule has 1 atom stereocenters. The van der Waals surface area contributed by atoms with Gasteiger partial charge in [-0.2, -0.15) is 0 Å². The number of aromatic nitrogens is 1. The standard InChI is InChI=1S/C17H19N3O3/c1-11-7-6-9-15(12(11)2)23-13(3)16(21)19-20-17(22)14-8-4-5-10-18-14/h4-10,13H,1-3H3,(H,19,21)(H,20,22)/t13-/m0/s1. The molecule has 0 saturated heterocycles. The monoisotopic (exact) mass is 313 g/mol. The molecule has 0 aliphatic carbocycles. The zero-order chi connectivity index (χ0) is 16.8.